The van der Waals surface area contributed by atoms with Crippen LogP contribution in [0.25, 0.3) is 11.0 Å². The molecule has 7 heteroatoms. The maximum absolute atomic E-state index is 12.3. The van der Waals surface area contributed by atoms with Gasteiger partial charge in [-0.3, -0.25) is 14.5 Å². The number of carbonyl (C=O) groups excluding carboxylic acids is 2. The van der Waals surface area contributed by atoms with E-state index in [1.165, 1.54) is 0 Å². The van der Waals surface area contributed by atoms with Crippen molar-refractivity contribution in [1.82, 2.24) is 25.1 Å². The van der Waals surface area contributed by atoms with Gasteiger partial charge in [-0.15, -0.1) is 0 Å². The van der Waals surface area contributed by atoms with Gasteiger partial charge in [-0.2, -0.15) is 0 Å². The third-order valence-electron chi connectivity index (χ3n) is 4.69. The highest BCUT2D eigenvalue weighted by molar-refractivity contribution is 6.05. The Kier molecular flexibility index (Phi) is 5.33. The molecular weight excluding hydrogens is 318 g/mol. The van der Waals surface area contributed by atoms with Crippen LogP contribution in [0.5, 0.6) is 0 Å². The van der Waals surface area contributed by atoms with Gasteiger partial charge in [0.15, 0.2) is 0 Å². The maximum atomic E-state index is 12.3. The van der Waals surface area contributed by atoms with Gasteiger partial charge in [0.2, 0.25) is 5.91 Å². The van der Waals surface area contributed by atoms with E-state index in [4.69, 9.17) is 0 Å². The van der Waals surface area contributed by atoms with Crippen molar-refractivity contribution in [2.45, 2.75) is 25.3 Å². The fourth-order valence-corrected chi connectivity index (χ4v) is 3.39. The van der Waals surface area contributed by atoms with Crippen LogP contribution in [-0.2, 0) is 4.79 Å². The van der Waals surface area contributed by atoms with Crippen molar-refractivity contribution in [2.75, 3.05) is 33.7 Å². The molecular formula is C18H25N5O2. The highest BCUT2D eigenvalue weighted by Crippen LogP contribution is 2.19. The van der Waals surface area contributed by atoms with Crippen LogP contribution in [0.1, 0.15) is 29.6 Å². The van der Waals surface area contributed by atoms with E-state index < -0.39 is 0 Å². The minimum atomic E-state index is -0.0958. The number of likely N-dealkylation sites (tertiary alicyclic amines) is 1. The molecule has 3 rings (SSSR count). The lowest BCUT2D eigenvalue weighted by atomic mass is 10.2. The summed E-state index contributed by atoms with van der Waals surface area (Å²) in [5, 5.41) is 3.79. The topological polar surface area (TPSA) is 81.3 Å². The summed E-state index contributed by atoms with van der Waals surface area (Å²) < 4.78 is 0. The normalized spacial score (nSPS) is 17.8. The first-order valence-electron chi connectivity index (χ1n) is 8.73. The van der Waals surface area contributed by atoms with E-state index in [0.29, 0.717) is 12.1 Å². The number of H-pyrrole nitrogens is 1. The number of aromatic nitrogens is 2. The van der Waals surface area contributed by atoms with E-state index in [0.717, 1.165) is 43.4 Å². The molecule has 3 heterocycles. The molecule has 2 aromatic rings. The second-order valence-electron chi connectivity index (χ2n) is 6.64. The monoisotopic (exact) mass is 343 g/mol. The van der Waals surface area contributed by atoms with Crippen LogP contribution in [0, 0.1) is 0 Å². The first-order valence-corrected chi connectivity index (χ1v) is 8.73. The summed E-state index contributed by atoms with van der Waals surface area (Å²) in [5.74, 6) is 0.0782. The molecule has 0 unspecified atom stereocenters. The number of nitrogens with one attached hydrogen (secondary N) is 2. The minimum Gasteiger partial charge on any atom is -0.352 e. The Bertz CT molecular complexity index is 755. The van der Waals surface area contributed by atoms with E-state index in [1.807, 2.05) is 12.1 Å². The number of nitrogens with zero attached hydrogens (tertiary/aromatic N) is 3. The Balaban J connectivity index is 1.48. The van der Waals surface area contributed by atoms with Gasteiger partial charge in [0.1, 0.15) is 5.65 Å². The number of aromatic amines is 1. The average molecular weight is 343 g/mol. The van der Waals surface area contributed by atoms with Gasteiger partial charge >= 0.3 is 0 Å². The largest absolute Gasteiger partial charge is 0.352 e. The van der Waals surface area contributed by atoms with E-state index >= 15 is 0 Å². The molecule has 0 radical (unpaired) electrons. The minimum absolute atomic E-state index is 0.00890. The van der Waals surface area contributed by atoms with E-state index in [2.05, 4.69) is 20.2 Å². The van der Waals surface area contributed by atoms with Crippen LogP contribution in [0.4, 0.5) is 0 Å². The number of pyridine rings is 1. The summed E-state index contributed by atoms with van der Waals surface area (Å²) in [7, 11) is 3.60. The van der Waals surface area contributed by atoms with Gasteiger partial charge in [0, 0.05) is 45.0 Å². The van der Waals surface area contributed by atoms with E-state index in [-0.39, 0.29) is 17.9 Å². The predicted octanol–water partition coefficient (Wildman–Crippen LogP) is 1.24. The molecule has 1 fully saturated rings. The van der Waals surface area contributed by atoms with Crippen LogP contribution in [0.3, 0.4) is 0 Å². The van der Waals surface area contributed by atoms with Crippen molar-refractivity contribution >= 4 is 22.8 Å². The molecule has 0 aromatic carbocycles. The molecule has 2 N–H and O–H groups in total. The van der Waals surface area contributed by atoms with Gasteiger partial charge in [0.05, 0.1) is 11.6 Å². The number of rotatable bonds is 6. The van der Waals surface area contributed by atoms with Crippen LogP contribution < -0.4 is 5.32 Å². The first kappa shape index (κ1) is 17.4. The highest BCUT2D eigenvalue weighted by atomic mass is 16.2. The molecule has 1 saturated heterocycles. The van der Waals surface area contributed by atoms with Crippen LogP contribution in [-0.4, -0.2) is 71.4 Å². The third-order valence-corrected chi connectivity index (χ3v) is 4.69. The van der Waals surface area contributed by atoms with E-state index in [9.17, 15) is 9.59 Å². The SMILES string of the molecule is CN(C)C(=O)[C@H]1CCCN1CCCNC(=O)c1c[nH]c2ncccc12. The quantitative estimate of drug-likeness (QED) is 0.773. The summed E-state index contributed by atoms with van der Waals surface area (Å²) in [6.45, 7) is 2.36. The lowest BCUT2D eigenvalue weighted by Crippen LogP contribution is -2.43. The Morgan fingerprint density at radius 1 is 1.44 bits per heavy atom. The van der Waals surface area contributed by atoms with Crippen molar-refractivity contribution in [2.24, 2.45) is 0 Å². The zero-order chi connectivity index (χ0) is 17.8. The second kappa shape index (κ2) is 7.65. The van der Waals surface area contributed by atoms with Crippen LogP contribution in [0.15, 0.2) is 24.5 Å². The molecule has 0 saturated carbocycles. The molecule has 0 bridgehead atoms. The van der Waals surface area contributed by atoms with Gasteiger partial charge in [-0.25, -0.2) is 4.98 Å². The Morgan fingerprint density at radius 2 is 2.28 bits per heavy atom. The molecule has 0 aliphatic carbocycles. The smallest absolute Gasteiger partial charge is 0.253 e. The Morgan fingerprint density at radius 3 is 3.08 bits per heavy atom. The van der Waals surface area contributed by atoms with Crippen molar-refractivity contribution in [3.63, 3.8) is 0 Å². The lowest BCUT2D eigenvalue weighted by Gasteiger charge is -2.26. The van der Waals surface area contributed by atoms with Gasteiger partial charge in [0.25, 0.3) is 5.91 Å². The molecule has 2 aromatic heterocycles. The molecule has 25 heavy (non-hydrogen) atoms. The van der Waals surface area contributed by atoms with E-state index in [1.54, 1.807) is 31.4 Å². The lowest BCUT2D eigenvalue weighted by molar-refractivity contribution is -0.133. The summed E-state index contributed by atoms with van der Waals surface area (Å²) >= 11 is 0. The van der Waals surface area contributed by atoms with Gasteiger partial charge < -0.3 is 15.2 Å². The molecule has 1 aliphatic heterocycles. The van der Waals surface area contributed by atoms with Crippen LogP contribution >= 0.6 is 0 Å². The summed E-state index contributed by atoms with van der Waals surface area (Å²) in [6, 6.07) is 3.70. The molecule has 1 aliphatic rings. The third kappa shape index (κ3) is 3.82. The molecule has 0 spiro atoms. The molecule has 1 atom stereocenters. The number of fused-ring (bicyclic) bond motifs is 1. The van der Waals surface area contributed by atoms with Crippen molar-refractivity contribution in [3.8, 4) is 0 Å². The van der Waals surface area contributed by atoms with Crippen molar-refractivity contribution < 1.29 is 9.59 Å². The zero-order valence-corrected chi connectivity index (χ0v) is 14.8. The number of carbonyl (C=O) groups is 2. The van der Waals surface area contributed by atoms with Gasteiger partial charge in [-0.1, -0.05) is 0 Å². The van der Waals surface area contributed by atoms with Gasteiger partial charge in [-0.05, 0) is 37.9 Å². The standard InChI is InChI=1S/C18H25N5O2/c1-22(2)18(25)15-7-4-10-23(15)11-5-9-20-17(24)14-12-21-16-13(14)6-3-8-19-16/h3,6,8,12,15H,4-5,7,9-11H2,1-2H3,(H,19,21)(H,20,24)/t15-/m1/s1. The number of likely N-dealkylation sites (N-methyl/N-ethyl adjacent to an activating group) is 1. The number of hydrogen-bond acceptors (Lipinski definition) is 4. The van der Waals surface area contributed by atoms with Crippen molar-refractivity contribution in [1.29, 1.82) is 0 Å². The Hall–Kier alpha value is -2.41. The molecule has 134 valence electrons. The summed E-state index contributed by atoms with van der Waals surface area (Å²) in [4.78, 5) is 35.6. The highest BCUT2D eigenvalue weighted by Gasteiger charge is 2.31. The maximum Gasteiger partial charge on any atom is 0.253 e. The fourth-order valence-electron chi connectivity index (χ4n) is 3.39. The zero-order valence-electron chi connectivity index (χ0n) is 14.8. The van der Waals surface area contributed by atoms with Crippen molar-refractivity contribution in [3.05, 3.63) is 30.1 Å². The Labute approximate surface area is 147 Å². The molecule has 2 amide bonds. The summed E-state index contributed by atoms with van der Waals surface area (Å²) in [6.07, 6.45) is 6.19. The second-order valence-corrected chi connectivity index (χ2v) is 6.64. The average Bonchev–Trinajstić information content (AvgIpc) is 3.24. The number of hydrogen-bond donors (Lipinski definition) is 2. The predicted molar refractivity (Wildman–Crippen MR) is 96.3 cm³/mol. The summed E-state index contributed by atoms with van der Waals surface area (Å²) in [5.41, 5.74) is 1.33. The first-order chi connectivity index (χ1) is 12.1. The number of amides is 2. The molecule has 7 nitrogen and oxygen atoms in total. The fraction of sp³-hybridized carbons (Fsp3) is 0.500. The van der Waals surface area contributed by atoms with Crippen LogP contribution in [0.2, 0.25) is 0 Å².